The molecule has 0 radical (unpaired) electrons. The third kappa shape index (κ3) is 5.14. The minimum atomic E-state index is -4.56. The second-order valence-corrected chi connectivity index (χ2v) is 9.84. The number of halogens is 3. The van der Waals surface area contributed by atoms with Crippen molar-refractivity contribution in [3.63, 3.8) is 0 Å². The fourth-order valence-electron chi connectivity index (χ4n) is 5.32. The summed E-state index contributed by atoms with van der Waals surface area (Å²) in [6, 6.07) is 3.33. The standard InChI is InChI=1S/C26H29F3N6O4/c27-26(28,29)17-14-30-22-19(17)23(31-15-4-2-1-3-5-15)34-25(33-22)32-18-7-6-16(20-21(18)39-13-12-38-20)24(36)35-8-10-37-11-9-35/h6-7,14-15H,1-5,8-13H2,(H3,30,31,32,33,34). The first-order chi connectivity index (χ1) is 18.9. The number of carbonyl (C=O) groups excluding carboxylic acids is 1. The van der Waals surface area contributed by atoms with Crippen LogP contribution < -0.4 is 20.1 Å². The van der Waals surface area contributed by atoms with Crippen LogP contribution in [0.5, 0.6) is 11.5 Å². The van der Waals surface area contributed by atoms with Gasteiger partial charge in [-0.05, 0) is 25.0 Å². The SMILES string of the molecule is O=C(c1ccc(Nc2nc(NC3CCCCC3)c3c(C(F)(F)F)c[nH]c3n2)c2c1OCCO2)N1CCOCC1. The molecule has 208 valence electrons. The van der Waals surface area contributed by atoms with Gasteiger partial charge in [-0.1, -0.05) is 19.3 Å². The van der Waals surface area contributed by atoms with Crippen LogP contribution in [0.25, 0.3) is 11.0 Å². The topological polar surface area (TPSA) is 114 Å². The largest absolute Gasteiger partial charge is 0.485 e. The molecular formula is C26H29F3N6O4. The predicted molar refractivity (Wildman–Crippen MR) is 137 cm³/mol. The highest BCUT2D eigenvalue weighted by atomic mass is 19.4. The van der Waals surface area contributed by atoms with Gasteiger partial charge < -0.3 is 34.7 Å². The Bertz CT molecular complexity index is 1370. The molecule has 39 heavy (non-hydrogen) atoms. The van der Waals surface area contributed by atoms with Crippen LogP contribution in [0.15, 0.2) is 18.3 Å². The number of anilines is 3. The van der Waals surface area contributed by atoms with Gasteiger partial charge in [-0.2, -0.15) is 23.1 Å². The molecule has 1 aliphatic carbocycles. The number of aromatic amines is 1. The molecular weight excluding hydrogens is 517 g/mol. The quantitative estimate of drug-likeness (QED) is 0.422. The Morgan fingerprint density at radius 1 is 1.00 bits per heavy atom. The summed E-state index contributed by atoms with van der Waals surface area (Å²) >= 11 is 0. The maximum atomic E-state index is 13.8. The number of morpholine rings is 1. The fraction of sp³-hybridized carbons (Fsp3) is 0.500. The summed E-state index contributed by atoms with van der Waals surface area (Å²) < 4.78 is 58.5. The first kappa shape index (κ1) is 25.5. The van der Waals surface area contributed by atoms with Crippen LogP contribution >= 0.6 is 0 Å². The second-order valence-electron chi connectivity index (χ2n) is 9.84. The number of nitrogens with zero attached hydrogens (tertiary/aromatic N) is 3. The van der Waals surface area contributed by atoms with Gasteiger partial charge in [0.15, 0.2) is 11.5 Å². The van der Waals surface area contributed by atoms with Gasteiger partial charge in [-0.25, -0.2) is 0 Å². The van der Waals surface area contributed by atoms with Crippen molar-refractivity contribution in [2.75, 3.05) is 50.2 Å². The van der Waals surface area contributed by atoms with Crippen molar-refractivity contribution < 1.29 is 32.2 Å². The number of nitrogens with one attached hydrogen (secondary N) is 3. The van der Waals surface area contributed by atoms with Crippen molar-refractivity contribution >= 4 is 34.4 Å². The van der Waals surface area contributed by atoms with Gasteiger partial charge in [-0.3, -0.25) is 4.79 Å². The molecule has 2 aromatic heterocycles. The molecule has 6 rings (SSSR count). The number of hydrogen-bond donors (Lipinski definition) is 3. The van der Waals surface area contributed by atoms with E-state index < -0.39 is 11.7 Å². The van der Waals surface area contributed by atoms with Gasteiger partial charge >= 0.3 is 6.18 Å². The number of aromatic nitrogens is 3. The molecule has 4 heterocycles. The molecule has 3 N–H and O–H groups in total. The van der Waals surface area contributed by atoms with E-state index >= 15 is 0 Å². The van der Waals surface area contributed by atoms with Crippen molar-refractivity contribution in [3.8, 4) is 11.5 Å². The summed E-state index contributed by atoms with van der Waals surface area (Å²) in [5.74, 6) is 0.652. The first-order valence-corrected chi connectivity index (χ1v) is 13.2. The minimum absolute atomic E-state index is 0.0238. The number of rotatable bonds is 5. The van der Waals surface area contributed by atoms with Crippen molar-refractivity contribution in [1.29, 1.82) is 0 Å². The number of ether oxygens (including phenoxy) is 3. The number of alkyl halides is 3. The Balaban J connectivity index is 1.36. The van der Waals surface area contributed by atoms with E-state index in [-0.39, 0.29) is 48.0 Å². The summed E-state index contributed by atoms with van der Waals surface area (Å²) in [4.78, 5) is 26.4. The molecule has 2 aliphatic heterocycles. The highest BCUT2D eigenvalue weighted by Crippen LogP contribution is 2.43. The zero-order chi connectivity index (χ0) is 27.0. The fourth-order valence-corrected chi connectivity index (χ4v) is 5.32. The Hall–Kier alpha value is -3.74. The number of H-pyrrole nitrogens is 1. The smallest absolute Gasteiger partial charge is 0.418 e. The van der Waals surface area contributed by atoms with Crippen LogP contribution in [0.4, 0.5) is 30.6 Å². The van der Waals surface area contributed by atoms with Crippen molar-refractivity contribution in [1.82, 2.24) is 19.9 Å². The van der Waals surface area contributed by atoms with Crippen LogP contribution in [-0.2, 0) is 10.9 Å². The average molecular weight is 547 g/mol. The Labute approximate surface area is 222 Å². The number of carbonyl (C=O) groups is 1. The first-order valence-electron chi connectivity index (χ1n) is 13.2. The van der Waals surface area contributed by atoms with E-state index in [0.717, 1.165) is 38.3 Å². The van der Waals surface area contributed by atoms with E-state index in [0.29, 0.717) is 49.1 Å². The number of amides is 1. The van der Waals surface area contributed by atoms with Crippen LogP contribution in [-0.4, -0.2) is 71.3 Å². The monoisotopic (exact) mass is 546 g/mol. The van der Waals surface area contributed by atoms with Gasteiger partial charge in [-0.15, -0.1) is 0 Å². The van der Waals surface area contributed by atoms with E-state index in [9.17, 15) is 18.0 Å². The zero-order valence-corrected chi connectivity index (χ0v) is 21.2. The number of hydrogen-bond acceptors (Lipinski definition) is 8. The molecule has 0 unspecified atom stereocenters. The highest BCUT2D eigenvalue weighted by molar-refractivity contribution is 5.99. The molecule has 3 aliphatic rings. The van der Waals surface area contributed by atoms with E-state index in [1.807, 2.05) is 0 Å². The van der Waals surface area contributed by atoms with Crippen LogP contribution in [0.3, 0.4) is 0 Å². The average Bonchev–Trinajstić information content (AvgIpc) is 3.39. The summed E-state index contributed by atoms with van der Waals surface area (Å²) in [6.07, 6.45) is 1.20. The summed E-state index contributed by atoms with van der Waals surface area (Å²) in [7, 11) is 0. The Morgan fingerprint density at radius 3 is 2.49 bits per heavy atom. The Kier molecular flexibility index (Phi) is 6.83. The maximum Gasteiger partial charge on any atom is 0.418 e. The Morgan fingerprint density at radius 2 is 1.74 bits per heavy atom. The minimum Gasteiger partial charge on any atom is -0.485 e. The van der Waals surface area contributed by atoms with Crippen LogP contribution in [0.1, 0.15) is 48.0 Å². The molecule has 0 bridgehead atoms. The molecule has 10 nitrogen and oxygen atoms in total. The third-order valence-corrected chi connectivity index (χ3v) is 7.25. The molecule has 1 aromatic carbocycles. The van der Waals surface area contributed by atoms with Gasteiger partial charge in [0.25, 0.3) is 5.91 Å². The molecule has 1 amide bonds. The maximum absolute atomic E-state index is 13.8. The van der Waals surface area contributed by atoms with Gasteiger partial charge in [0.1, 0.15) is 24.7 Å². The van der Waals surface area contributed by atoms with Crippen molar-refractivity contribution in [2.45, 2.75) is 44.3 Å². The predicted octanol–water partition coefficient (Wildman–Crippen LogP) is 4.71. The number of benzene rings is 1. The molecule has 1 saturated carbocycles. The second kappa shape index (κ2) is 10.4. The molecule has 0 spiro atoms. The van der Waals surface area contributed by atoms with Crippen LogP contribution in [0.2, 0.25) is 0 Å². The lowest BCUT2D eigenvalue weighted by Crippen LogP contribution is -2.41. The van der Waals surface area contributed by atoms with Crippen LogP contribution in [0, 0.1) is 0 Å². The molecule has 0 atom stereocenters. The summed E-state index contributed by atoms with van der Waals surface area (Å²) in [5.41, 5.74) is 0.0480. The summed E-state index contributed by atoms with van der Waals surface area (Å²) in [5, 5.41) is 6.24. The van der Waals surface area contributed by atoms with Crippen molar-refractivity contribution in [3.05, 3.63) is 29.5 Å². The third-order valence-electron chi connectivity index (χ3n) is 7.25. The lowest BCUT2D eigenvalue weighted by atomic mass is 9.95. The normalized spacial score (nSPS) is 18.3. The van der Waals surface area contributed by atoms with Gasteiger partial charge in [0.05, 0.1) is 35.4 Å². The van der Waals surface area contributed by atoms with E-state index in [1.54, 1.807) is 17.0 Å². The number of fused-ring (bicyclic) bond motifs is 2. The van der Waals surface area contributed by atoms with E-state index in [4.69, 9.17) is 14.2 Å². The summed E-state index contributed by atoms with van der Waals surface area (Å²) in [6.45, 7) is 2.45. The molecule has 2 fully saturated rings. The molecule has 3 aromatic rings. The van der Waals surface area contributed by atoms with Gasteiger partial charge in [0, 0.05) is 25.3 Å². The van der Waals surface area contributed by atoms with Crippen molar-refractivity contribution in [2.24, 2.45) is 0 Å². The zero-order valence-electron chi connectivity index (χ0n) is 21.2. The lowest BCUT2D eigenvalue weighted by Gasteiger charge is -2.29. The van der Waals surface area contributed by atoms with E-state index in [2.05, 4.69) is 25.6 Å². The van der Waals surface area contributed by atoms with E-state index in [1.165, 1.54) is 0 Å². The highest BCUT2D eigenvalue weighted by Gasteiger charge is 2.36. The molecule has 13 heteroatoms. The molecule has 1 saturated heterocycles. The van der Waals surface area contributed by atoms with Gasteiger partial charge in [0.2, 0.25) is 5.95 Å². The lowest BCUT2D eigenvalue weighted by molar-refractivity contribution is -0.136.